The Balaban J connectivity index is 2.16. The lowest BCUT2D eigenvalue weighted by molar-refractivity contribution is 0.600. The van der Waals surface area contributed by atoms with E-state index < -0.39 is 10.0 Å². The van der Waals surface area contributed by atoms with Crippen molar-refractivity contribution >= 4 is 27.3 Å². The second kappa shape index (κ2) is 5.98. The molecule has 0 bridgehead atoms. The molecule has 7 nitrogen and oxygen atoms in total. The summed E-state index contributed by atoms with van der Waals surface area (Å²) in [4.78, 5) is 0. The Hall–Kier alpha value is -1.67. The number of hydrogen-bond acceptors (Lipinski definition) is 5. The van der Waals surface area contributed by atoms with Crippen molar-refractivity contribution in [2.24, 2.45) is 0 Å². The number of tetrazole rings is 1. The number of halogens is 1. The molecule has 0 radical (unpaired) electrons. The van der Waals surface area contributed by atoms with Gasteiger partial charge in [-0.05, 0) is 23.8 Å². The molecule has 0 atom stereocenters. The topological polar surface area (TPSA) is 101 Å². The van der Waals surface area contributed by atoms with Gasteiger partial charge < -0.3 is 0 Å². The van der Waals surface area contributed by atoms with E-state index >= 15 is 0 Å². The lowest BCUT2D eigenvalue weighted by Gasteiger charge is -2.07. The highest BCUT2D eigenvalue weighted by atomic mass is 35.5. The molecule has 2 rings (SSSR count). The summed E-state index contributed by atoms with van der Waals surface area (Å²) in [5.41, 5.74) is 1.13. The van der Waals surface area contributed by atoms with Gasteiger partial charge in [-0.3, -0.25) is 4.72 Å². The van der Waals surface area contributed by atoms with Gasteiger partial charge in [0.05, 0.1) is 5.75 Å². The molecule has 0 saturated carbocycles. The van der Waals surface area contributed by atoms with E-state index in [1.807, 2.05) is 0 Å². The molecule has 0 spiro atoms. The fraction of sp³-hybridized carbons (Fsp3) is 0.300. The summed E-state index contributed by atoms with van der Waals surface area (Å²) in [6, 6.07) is 6.78. The average molecular weight is 302 g/mol. The van der Waals surface area contributed by atoms with Crippen LogP contribution in [0, 0.1) is 0 Å². The summed E-state index contributed by atoms with van der Waals surface area (Å²) < 4.78 is 26.0. The zero-order chi connectivity index (χ0) is 13.7. The SMILES string of the molecule is O=S(=O)(CCCCl)Nc1cccc(-c2nn[nH]n2)c1. The van der Waals surface area contributed by atoms with Crippen molar-refractivity contribution in [2.45, 2.75) is 6.42 Å². The van der Waals surface area contributed by atoms with Crippen LogP contribution in [0.3, 0.4) is 0 Å². The van der Waals surface area contributed by atoms with E-state index in [4.69, 9.17) is 11.6 Å². The highest BCUT2D eigenvalue weighted by Gasteiger charge is 2.11. The van der Waals surface area contributed by atoms with E-state index in [-0.39, 0.29) is 5.75 Å². The molecular weight excluding hydrogens is 290 g/mol. The number of nitrogens with one attached hydrogen (secondary N) is 2. The summed E-state index contributed by atoms with van der Waals surface area (Å²) >= 11 is 5.48. The van der Waals surface area contributed by atoms with Crippen LogP contribution >= 0.6 is 11.6 Å². The molecule has 19 heavy (non-hydrogen) atoms. The van der Waals surface area contributed by atoms with Crippen LogP contribution < -0.4 is 4.72 Å². The van der Waals surface area contributed by atoms with E-state index in [1.165, 1.54) is 0 Å². The van der Waals surface area contributed by atoms with Crippen LogP contribution in [0.4, 0.5) is 5.69 Å². The van der Waals surface area contributed by atoms with Gasteiger partial charge in [0.15, 0.2) is 0 Å². The number of rotatable bonds is 6. The first-order valence-electron chi connectivity index (χ1n) is 5.51. The summed E-state index contributed by atoms with van der Waals surface area (Å²) in [5.74, 6) is 0.703. The second-order valence-electron chi connectivity index (χ2n) is 3.78. The van der Waals surface area contributed by atoms with Crippen LogP contribution in [0.1, 0.15) is 6.42 Å². The summed E-state index contributed by atoms with van der Waals surface area (Å²) in [6.45, 7) is 0. The number of anilines is 1. The minimum Gasteiger partial charge on any atom is -0.284 e. The van der Waals surface area contributed by atoms with Gasteiger partial charge in [0.1, 0.15) is 0 Å². The normalized spacial score (nSPS) is 11.4. The number of H-pyrrole nitrogens is 1. The first-order valence-corrected chi connectivity index (χ1v) is 7.70. The van der Waals surface area contributed by atoms with Gasteiger partial charge in [-0.15, -0.1) is 21.8 Å². The number of benzene rings is 1. The predicted octanol–water partition coefficient (Wildman–Crippen LogP) is 1.24. The monoisotopic (exact) mass is 301 g/mol. The summed E-state index contributed by atoms with van der Waals surface area (Å²) in [7, 11) is -3.38. The minimum atomic E-state index is -3.38. The van der Waals surface area contributed by atoms with E-state index in [9.17, 15) is 8.42 Å². The maximum Gasteiger partial charge on any atom is 0.232 e. The van der Waals surface area contributed by atoms with E-state index in [0.717, 1.165) is 0 Å². The number of aromatic amines is 1. The molecule has 9 heteroatoms. The van der Waals surface area contributed by atoms with Crippen molar-refractivity contribution in [3.8, 4) is 11.4 Å². The zero-order valence-electron chi connectivity index (χ0n) is 9.88. The Bertz CT molecular complexity index is 629. The lowest BCUT2D eigenvalue weighted by atomic mass is 10.2. The third-order valence-electron chi connectivity index (χ3n) is 2.29. The fourth-order valence-electron chi connectivity index (χ4n) is 1.48. The van der Waals surface area contributed by atoms with Crippen molar-refractivity contribution in [3.63, 3.8) is 0 Å². The van der Waals surface area contributed by atoms with Gasteiger partial charge in [-0.1, -0.05) is 12.1 Å². The van der Waals surface area contributed by atoms with Crippen molar-refractivity contribution in [1.29, 1.82) is 0 Å². The Morgan fingerprint density at radius 3 is 2.89 bits per heavy atom. The first-order chi connectivity index (χ1) is 9.11. The highest BCUT2D eigenvalue weighted by molar-refractivity contribution is 7.92. The van der Waals surface area contributed by atoms with Crippen molar-refractivity contribution in [1.82, 2.24) is 20.6 Å². The molecule has 1 heterocycles. The molecule has 0 aliphatic heterocycles. The number of aromatic nitrogens is 4. The Kier molecular flexibility index (Phi) is 4.33. The van der Waals surface area contributed by atoms with Crippen LogP contribution in [0.15, 0.2) is 24.3 Å². The molecule has 0 unspecified atom stereocenters. The molecular formula is C10H12ClN5O2S. The van der Waals surface area contributed by atoms with Gasteiger partial charge in [0, 0.05) is 17.1 Å². The Morgan fingerprint density at radius 1 is 1.37 bits per heavy atom. The third-order valence-corrected chi connectivity index (χ3v) is 3.93. The standard InChI is InChI=1S/C10H12ClN5O2S/c11-5-2-6-19(17,18)14-9-4-1-3-8(7-9)10-12-15-16-13-10/h1,3-4,7,14H,2,5-6H2,(H,12,13,15,16). The number of alkyl halides is 1. The van der Waals surface area contributed by atoms with Crippen LogP contribution in [-0.4, -0.2) is 40.7 Å². The minimum absolute atomic E-state index is 0.0110. The van der Waals surface area contributed by atoms with Crippen LogP contribution in [-0.2, 0) is 10.0 Å². The maximum atomic E-state index is 11.7. The maximum absolute atomic E-state index is 11.7. The van der Waals surface area contributed by atoms with E-state index in [2.05, 4.69) is 25.3 Å². The number of sulfonamides is 1. The van der Waals surface area contributed by atoms with Gasteiger partial charge >= 0.3 is 0 Å². The number of hydrogen-bond donors (Lipinski definition) is 2. The first kappa shape index (κ1) is 13.8. The molecule has 1 aromatic carbocycles. The quantitative estimate of drug-likeness (QED) is 0.782. The summed E-state index contributed by atoms with van der Waals surface area (Å²) in [5, 5.41) is 13.5. The molecule has 2 aromatic rings. The molecule has 102 valence electrons. The smallest absolute Gasteiger partial charge is 0.232 e. The van der Waals surface area contributed by atoms with Crippen LogP contribution in [0.25, 0.3) is 11.4 Å². The van der Waals surface area contributed by atoms with Crippen molar-refractivity contribution in [2.75, 3.05) is 16.4 Å². The predicted molar refractivity (Wildman–Crippen MR) is 72.4 cm³/mol. The Morgan fingerprint density at radius 2 is 2.21 bits per heavy atom. The van der Waals surface area contributed by atoms with Gasteiger partial charge in [-0.2, -0.15) is 5.21 Å². The van der Waals surface area contributed by atoms with Crippen molar-refractivity contribution in [3.05, 3.63) is 24.3 Å². The van der Waals surface area contributed by atoms with Crippen LogP contribution in [0.5, 0.6) is 0 Å². The average Bonchev–Trinajstić information content (AvgIpc) is 2.90. The van der Waals surface area contributed by atoms with Crippen molar-refractivity contribution < 1.29 is 8.42 Å². The van der Waals surface area contributed by atoms with Gasteiger partial charge in [-0.25, -0.2) is 8.42 Å². The Labute approximate surface area is 115 Å². The number of nitrogens with zero attached hydrogens (tertiary/aromatic N) is 3. The molecule has 2 N–H and O–H groups in total. The van der Waals surface area contributed by atoms with Gasteiger partial charge in [0.2, 0.25) is 15.8 Å². The van der Waals surface area contributed by atoms with E-state index in [1.54, 1.807) is 24.3 Å². The molecule has 0 aliphatic rings. The second-order valence-corrected chi connectivity index (χ2v) is 6.00. The molecule has 0 aliphatic carbocycles. The fourth-order valence-corrected chi connectivity index (χ4v) is 2.89. The molecule has 0 amide bonds. The lowest BCUT2D eigenvalue weighted by Crippen LogP contribution is -2.16. The molecule has 0 fully saturated rings. The zero-order valence-corrected chi connectivity index (χ0v) is 11.4. The van der Waals surface area contributed by atoms with Gasteiger partial charge in [0.25, 0.3) is 0 Å². The van der Waals surface area contributed by atoms with Crippen LogP contribution in [0.2, 0.25) is 0 Å². The molecule has 1 aromatic heterocycles. The third kappa shape index (κ3) is 3.90. The van der Waals surface area contributed by atoms with E-state index in [0.29, 0.717) is 29.4 Å². The molecule has 0 saturated heterocycles. The largest absolute Gasteiger partial charge is 0.284 e. The summed E-state index contributed by atoms with van der Waals surface area (Å²) in [6.07, 6.45) is 0.404. The highest BCUT2D eigenvalue weighted by Crippen LogP contribution is 2.19.